The fourth-order valence-electron chi connectivity index (χ4n) is 3.95. The van der Waals surface area contributed by atoms with Gasteiger partial charge in [0.25, 0.3) is 0 Å². The SMILES string of the molecule is CCOC(=O)c1ccc([C@@H](c2ccccc2)N2CC(Nc3cc(F)cc(F)c3)C2)cc1. The Balaban J connectivity index is 1.50. The van der Waals surface area contributed by atoms with E-state index >= 15 is 0 Å². The lowest BCUT2D eigenvalue weighted by Gasteiger charge is -2.45. The molecule has 0 aromatic heterocycles. The molecule has 3 aromatic rings. The van der Waals surface area contributed by atoms with Crippen LogP contribution < -0.4 is 5.32 Å². The van der Waals surface area contributed by atoms with E-state index in [0.29, 0.717) is 17.9 Å². The van der Waals surface area contributed by atoms with Gasteiger partial charge in [0.05, 0.1) is 24.3 Å². The third-order valence-corrected chi connectivity index (χ3v) is 5.36. The summed E-state index contributed by atoms with van der Waals surface area (Å²) in [4.78, 5) is 14.3. The maximum absolute atomic E-state index is 13.5. The monoisotopic (exact) mass is 422 g/mol. The molecule has 1 aliphatic rings. The number of nitrogens with one attached hydrogen (secondary N) is 1. The van der Waals surface area contributed by atoms with E-state index in [9.17, 15) is 13.6 Å². The van der Waals surface area contributed by atoms with E-state index < -0.39 is 11.6 Å². The second-order valence-electron chi connectivity index (χ2n) is 7.61. The molecule has 0 bridgehead atoms. The fourth-order valence-corrected chi connectivity index (χ4v) is 3.95. The highest BCUT2D eigenvalue weighted by Gasteiger charge is 2.34. The normalized spacial score (nSPS) is 15.2. The van der Waals surface area contributed by atoms with Crippen LogP contribution in [0, 0.1) is 11.6 Å². The minimum atomic E-state index is -0.595. The molecule has 1 aliphatic heterocycles. The highest BCUT2D eigenvalue weighted by molar-refractivity contribution is 5.89. The van der Waals surface area contributed by atoms with Crippen LogP contribution in [-0.4, -0.2) is 36.6 Å². The lowest BCUT2D eigenvalue weighted by molar-refractivity contribution is 0.0526. The first kappa shape index (κ1) is 21.0. The molecule has 0 unspecified atom stereocenters. The molecule has 6 heteroatoms. The van der Waals surface area contributed by atoms with Crippen molar-refractivity contribution in [3.8, 4) is 0 Å². The van der Waals surface area contributed by atoms with Gasteiger partial charge in [0.2, 0.25) is 0 Å². The first-order chi connectivity index (χ1) is 15.0. The zero-order chi connectivity index (χ0) is 21.8. The largest absolute Gasteiger partial charge is 0.462 e. The Hall–Kier alpha value is -3.25. The Kier molecular flexibility index (Phi) is 6.28. The Morgan fingerprint density at radius 1 is 1.00 bits per heavy atom. The van der Waals surface area contributed by atoms with Crippen LogP contribution >= 0.6 is 0 Å². The van der Waals surface area contributed by atoms with Crippen molar-refractivity contribution >= 4 is 11.7 Å². The second-order valence-corrected chi connectivity index (χ2v) is 7.61. The highest BCUT2D eigenvalue weighted by Crippen LogP contribution is 2.33. The summed E-state index contributed by atoms with van der Waals surface area (Å²) >= 11 is 0. The number of carbonyl (C=O) groups excluding carboxylic acids is 1. The maximum Gasteiger partial charge on any atom is 0.338 e. The molecule has 1 heterocycles. The number of hydrogen-bond acceptors (Lipinski definition) is 4. The molecule has 1 atom stereocenters. The van der Waals surface area contributed by atoms with Crippen LogP contribution in [0.25, 0.3) is 0 Å². The van der Waals surface area contributed by atoms with E-state index in [1.165, 1.54) is 12.1 Å². The molecule has 31 heavy (non-hydrogen) atoms. The number of ether oxygens (including phenoxy) is 1. The van der Waals surface area contributed by atoms with Crippen LogP contribution in [0.2, 0.25) is 0 Å². The second kappa shape index (κ2) is 9.27. The summed E-state index contributed by atoms with van der Waals surface area (Å²) in [6.45, 7) is 3.56. The van der Waals surface area contributed by atoms with Gasteiger partial charge in [0, 0.05) is 24.8 Å². The van der Waals surface area contributed by atoms with Gasteiger partial charge in [-0.05, 0) is 42.3 Å². The van der Waals surface area contributed by atoms with E-state index in [1.54, 1.807) is 19.1 Å². The molecular weight excluding hydrogens is 398 g/mol. The van der Waals surface area contributed by atoms with Crippen LogP contribution in [0.1, 0.15) is 34.5 Å². The molecule has 4 nitrogen and oxygen atoms in total. The van der Waals surface area contributed by atoms with E-state index in [-0.39, 0.29) is 18.1 Å². The molecular formula is C25H24F2N2O2. The molecule has 1 fully saturated rings. The highest BCUT2D eigenvalue weighted by atomic mass is 19.1. The lowest BCUT2D eigenvalue weighted by Crippen LogP contribution is -2.56. The summed E-state index contributed by atoms with van der Waals surface area (Å²) in [5, 5.41) is 3.20. The summed E-state index contributed by atoms with van der Waals surface area (Å²) < 4.78 is 32.0. The first-order valence-electron chi connectivity index (χ1n) is 10.3. The van der Waals surface area contributed by atoms with Crippen LogP contribution in [0.4, 0.5) is 14.5 Å². The molecule has 160 valence electrons. The minimum absolute atomic E-state index is 0.0136. The van der Waals surface area contributed by atoms with Crippen LogP contribution in [-0.2, 0) is 4.74 Å². The molecule has 4 rings (SSSR count). The number of benzene rings is 3. The number of hydrogen-bond donors (Lipinski definition) is 1. The molecule has 0 radical (unpaired) electrons. The van der Waals surface area contributed by atoms with Gasteiger partial charge >= 0.3 is 5.97 Å². The molecule has 0 spiro atoms. The van der Waals surface area contributed by atoms with E-state index in [0.717, 1.165) is 30.3 Å². The Labute approximate surface area is 180 Å². The molecule has 0 saturated carbocycles. The molecule has 3 aromatic carbocycles. The number of halogens is 2. The Bertz CT molecular complexity index is 1010. The van der Waals surface area contributed by atoms with Gasteiger partial charge in [-0.2, -0.15) is 0 Å². The van der Waals surface area contributed by atoms with Crippen LogP contribution in [0.15, 0.2) is 72.8 Å². The molecule has 0 amide bonds. The number of rotatable bonds is 7. The number of carbonyl (C=O) groups is 1. The maximum atomic E-state index is 13.5. The smallest absolute Gasteiger partial charge is 0.338 e. The zero-order valence-corrected chi connectivity index (χ0v) is 17.2. The van der Waals surface area contributed by atoms with Crippen molar-refractivity contribution in [2.75, 3.05) is 25.0 Å². The van der Waals surface area contributed by atoms with Crippen LogP contribution in [0.5, 0.6) is 0 Å². The summed E-state index contributed by atoms with van der Waals surface area (Å²) in [6.07, 6.45) is 0. The van der Waals surface area contributed by atoms with E-state index in [4.69, 9.17) is 4.74 Å². The van der Waals surface area contributed by atoms with E-state index in [2.05, 4.69) is 22.3 Å². The van der Waals surface area contributed by atoms with Crippen molar-refractivity contribution in [1.82, 2.24) is 4.90 Å². The van der Waals surface area contributed by atoms with Crippen molar-refractivity contribution in [1.29, 1.82) is 0 Å². The van der Waals surface area contributed by atoms with Crippen molar-refractivity contribution < 1.29 is 18.3 Å². The zero-order valence-electron chi connectivity index (χ0n) is 17.2. The predicted molar refractivity (Wildman–Crippen MR) is 116 cm³/mol. The van der Waals surface area contributed by atoms with Gasteiger partial charge in [-0.25, -0.2) is 13.6 Å². The number of nitrogens with zero attached hydrogens (tertiary/aromatic N) is 1. The van der Waals surface area contributed by atoms with Gasteiger partial charge in [-0.3, -0.25) is 4.90 Å². The van der Waals surface area contributed by atoms with Gasteiger partial charge in [-0.15, -0.1) is 0 Å². The predicted octanol–water partition coefficient (Wildman–Crippen LogP) is 5.03. The number of likely N-dealkylation sites (tertiary alicyclic amines) is 1. The fraction of sp³-hybridized carbons (Fsp3) is 0.240. The quantitative estimate of drug-likeness (QED) is 0.543. The van der Waals surface area contributed by atoms with Gasteiger partial charge < -0.3 is 10.1 Å². The molecule has 1 saturated heterocycles. The average molecular weight is 422 g/mol. The van der Waals surface area contributed by atoms with Crippen molar-refractivity contribution in [3.05, 3.63) is 101 Å². The van der Waals surface area contributed by atoms with Crippen molar-refractivity contribution in [2.24, 2.45) is 0 Å². The Morgan fingerprint density at radius 2 is 1.61 bits per heavy atom. The summed E-state index contributed by atoms with van der Waals surface area (Å²) in [6, 6.07) is 21.2. The molecule has 0 aliphatic carbocycles. The van der Waals surface area contributed by atoms with Gasteiger partial charge in [-0.1, -0.05) is 42.5 Å². The standard InChI is InChI=1S/C25H24F2N2O2/c1-2-31-25(30)19-10-8-18(9-11-19)24(17-6-4-3-5-7-17)29-15-23(16-29)28-22-13-20(26)12-21(27)14-22/h3-14,23-24,28H,2,15-16H2,1H3/t24-/m1/s1. The number of anilines is 1. The van der Waals surface area contributed by atoms with Crippen LogP contribution in [0.3, 0.4) is 0 Å². The van der Waals surface area contributed by atoms with Crippen molar-refractivity contribution in [3.63, 3.8) is 0 Å². The minimum Gasteiger partial charge on any atom is -0.462 e. The average Bonchev–Trinajstić information content (AvgIpc) is 2.73. The summed E-state index contributed by atoms with van der Waals surface area (Å²) in [7, 11) is 0. The van der Waals surface area contributed by atoms with Gasteiger partial charge in [0.1, 0.15) is 11.6 Å². The first-order valence-corrected chi connectivity index (χ1v) is 10.3. The third-order valence-electron chi connectivity index (χ3n) is 5.36. The summed E-state index contributed by atoms with van der Waals surface area (Å²) in [5.74, 6) is -1.52. The topological polar surface area (TPSA) is 41.6 Å². The van der Waals surface area contributed by atoms with Gasteiger partial charge in [0.15, 0.2) is 0 Å². The summed E-state index contributed by atoms with van der Waals surface area (Å²) in [5.41, 5.74) is 3.17. The third kappa shape index (κ3) is 4.91. The molecule has 1 N–H and O–H groups in total. The lowest BCUT2D eigenvalue weighted by atomic mass is 9.92. The van der Waals surface area contributed by atoms with Crippen molar-refractivity contribution in [2.45, 2.75) is 19.0 Å². The Morgan fingerprint density at radius 3 is 2.23 bits per heavy atom. The number of esters is 1. The van der Waals surface area contributed by atoms with E-state index in [1.807, 2.05) is 30.3 Å².